The predicted octanol–water partition coefficient (Wildman–Crippen LogP) is 3.58. The molecule has 2 amide bonds. The summed E-state index contributed by atoms with van der Waals surface area (Å²) in [5.41, 5.74) is 1.48. The number of nitrogens with one attached hydrogen (secondary N) is 2. The van der Waals surface area contributed by atoms with Gasteiger partial charge in [-0.2, -0.15) is 0 Å². The van der Waals surface area contributed by atoms with Gasteiger partial charge in [-0.3, -0.25) is 15.1 Å². The molecule has 0 radical (unpaired) electrons. The Kier molecular flexibility index (Phi) is 3.88. The molecule has 23 heavy (non-hydrogen) atoms. The largest absolute Gasteiger partial charge is 0.465 e. The summed E-state index contributed by atoms with van der Waals surface area (Å²) in [6.07, 6.45) is 2.10. The van der Waals surface area contributed by atoms with Crippen LogP contribution in [0.25, 0.3) is 10.8 Å². The van der Waals surface area contributed by atoms with Gasteiger partial charge in [0.05, 0.1) is 5.56 Å². The Morgan fingerprint density at radius 3 is 2.22 bits per heavy atom. The SMILES string of the molecule is O=C(O)Nc1ccc(NC(=O)c2cncc3ccccc23)cc1. The van der Waals surface area contributed by atoms with Crippen LogP contribution in [-0.2, 0) is 0 Å². The van der Waals surface area contributed by atoms with Crippen molar-refractivity contribution in [3.8, 4) is 0 Å². The van der Waals surface area contributed by atoms with E-state index in [-0.39, 0.29) is 5.91 Å². The maximum absolute atomic E-state index is 12.4. The third kappa shape index (κ3) is 3.26. The summed E-state index contributed by atoms with van der Waals surface area (Å²) in [5, 5.41) is 15.4. The van der Waals surface area contributed by atoms with E-state index in [0.29, 0.717) is 16.9 Å². The normalized spacial score (nSPS) is 10.3. The monoisotopic (exact) mass is 307 g/mol. The number of rotatable bonds is 3. The van der Waals surface area contributed by atoms with Gasteiger partial charge >= 0.3 is 6.09 Å². The molecule has 0 spiro atoms. The number of hydrogen-bond acceptors (Lipinski definition) is 3. The fourth-order valence-electron chi connectivity index (χ4n) is 2.26. The first-order chi connectivity index (χ1) is 11.1. The first kappa shape index (κ1) is 14.5. The molecule has 3 rings (SSSR count). The molecule has 114 valence electrons. The zero-order chi connectivity index (χ0) is 16.2. The van der Waals surface area contributed by atoms with Crippen molar-refractivity contribution in [2.75, 3.05) is 10.6 Å². The molecule has 0 aliphatic carbocycles. The Balaban J connectivity index is 1.82. The lowest BCUT2D eigenvalue weighted by molar-refractivity contribution is 0.102. The Labute approximate surface area is 131 Å². The third-order valence-electron chi connectivity index (χ3n) is 3.31. The highest BCUT2D eigenvalue weighted by atomic mass is 16.4. The maximum atomic E-state index is 12.4. The number of carbonyl (C=O) groups is 2. The van der Waals surface area contributed by atoms with Gasteiger partial charge in [-0.05, 0) is 29.7 Å². The molecule has 6 nitrogen and oxygen atoms in total. The molecule has 1 heterocycles. The molecular formula is C17H13N3O3. The maximum Gasteiger partial charge on any atom is 0.409 e. The zero-order valence-corrected chi connectivity index (χ0v) is 12.0. The van der Waals surface area contributed by atoms with Crippen molar-refractivity contribution in [1.29, 1.82) is 0 Å². The van der Waals surface area contributed by atoms with E-state index in [2.05, 4.69) is 15.6 Å². The topological polar surface area (TPSA) is 91.3 Å². The van der Waals surface area contributed by atoms with Gasteiger partial charge < -0.3 is 10.4 Å². The number of carboxylic acid groups (broad SMARTS) is 1. The number of benzene rings is 2. The molecule has 6 heteroatoms. The van der Waals surface area contributed by atoms with E-state index in [9.17, 15) is 9.59 Å². The second-order valence-electron chi connectivity index (χ2n) is 4.87. The number of anilines is 2. The third-order valence-corrected chi connectivity index (χ3v) is 3.31. The number of hydrogen-bond donors (Lipinski definition) is 3. The summed E-state index contributed by atoms with van der Waals surface area (Å²) in [6.45, 7) is 0. The Morgan fingerprint density at radius 1 is 0.870 bits per heavy atom. The molecule has 3 N–H and O–H groups in total. The van der Waals surface area contributed by atoms with E-state index in [1.807, 2.05) is 24.3 Å². The Morgan fingerprint density at radius 2 is 1.52 bits per heavy atom. The number of amides is 2. The second-order valence-corrected chi connectivity index (χ2v) is 4.87. The van der Waals surface area contributed by atoms with Crippen LogP contribution in [0.1, 0.15) is 10.4 Å². The molecule has 1 aromatic heterocycles. The van der Waals surface area contributed by atoms with Gasteiger partial charge in [0.2, 0.25) is 0 Å². The molecule has 0 fully saturated rings. The molecule has 0 atom stereocenters. The lowest BCUT2D eigenvalue weighted by Gasteiger charge is -2.08. The first-order valence-corrected chi connectivity index (χ1v) is 6.87. The highest BCUT2D eigenvalue weighted by molar-refractivity contribution is 6.12. The van der Waals surface area contributed by atoms with Crippen LogP contribution in [0.5, 0.6) is 0 Å². The highest BCUT2D eigenvalue weighted by Gasteiger charge is 2.10. The summed E-state index contributed by atoms with van der Waals surface area (Å²) in [7, 11) is 0. The number of fused-ring (bicyclic) bond motifs is 1. The number of carbonyl (C=O) groups excluding carboxylic acids is 1. The average Bonchev–Trinajstić information content (AvgIpc) is 2.55. The fraction of sp³-hybridized carbons (Fsp3) is 0. The summed E-state index contributed by atoms with van der Waals surface area (Å²) in [5.74, 6) is -0.270. The van der Waals surface area contributed by atoms with Gasteiger partial charge in [-0.25, -0.2) is 4.79 Å². The molecule has 0 aliphatic rings. The van der Waals surface area contributed by atoms with Crippen LogP contribution in [0.2, 0.25) is 0 Å². The van der Waals surface area contributed by atoms with E-state index < -0.39 is 6.09 Å². The minimum atomic E-state index is -1.14. The van der Waals surface area contributed by atoms with Gasteiger partial charge in [-0.1, -0.05) is 24.3 Å². The summed E-state index contributed by atoms with van der Waals surface area (Å²) in [6, 6.07) is 13.9. The van der Waals surface area contributed by atoms with Gasteiger partial charge in [-0.15, -0.1) is 0 Å². The van der Waals surface area contributed by atoms with Crippen molar-refractivity contribution in [3.63, 3.8) is 0 Å². The van der Waals surface area contributed by atoms with Crippen molar-refractivity contribution in [2.45, 2.75) is 0 Å². The molecule has 2 aromatic carbocycles. The molecule has 0 bridgehead atoms. The van der Waals surface area contributed by atoms with Crippen LogP contribution in [0, 0.1) is 0 Å². The summed E-state index contributed by atoms with van der Waals surface area (Å²) < 4.78 is 0. The molecular weight excluding hydrogens is 294 g/mol. The van der Waals surface area contributed by atoms with Crippen molar-refractivity contribution >= 4 is 34.1 Å². The average molecular weight is 307 g/mol. The van der Waals surface area contributed by atoms with E-state index >= 15 is 0 Å². The standard InChI is InChI=1S/C17H13N3O3/c21-16(15-10-18-9-11-3-1-2-4-14(11)15)19-12-5-7-13(8-6-12)20-17(22)23/h1-10,20H,(H,19,21)(H,22,23). The molecule has 0 saturated heterocycles. The lowest BCUT2D eigenvalue weighted by Crippen LogP contribution is -2.13. The minimum absolute atomic E-state index is 0.270. The lowest BCUT2D eigenvalue weighted by atomic mass is 10.1. The second kappa shape index (κ2) is 6.15. The Bertz CT molecular complexity index is 870. The van der Waals surface area contributed by atoms with Gasteiger partial charge in [0.15, 0.2) is 0 Å². The van der Waals surface area contributed by atoms with Crippen LogP contribution in [0.3, 0.4) is 0 Å². The predicted molar refractivity (Wildman–Crippen MR) is 87.8 cm³/mol. The van der Waals surface area contributed by atoms with Crippen molar-refractivity contribution in [1.82, 2.24) is 4.98 Å². The van der Waals surface area contributed by atoms with Crippen LogP contribution in [-0.4, -0.2) is 22.1 Å². The molecule has 0 unspecified atom stereocenters. The van der Waals surface area contributed by atoms with E-state index in [4.69, 9.17) is 5.11 Å². The molecule has 3 aromatic rings. The highest BCUT2D eigenvalue weighted by Crippen LogP contribution is 2.19. The van der Waals surface area contributed by atoms with Crippen LogP contribution < -0.4 is 10.6 Å². The summed E-state index contributed by atoms with van der Waals surface area (Å²) in [4.78, 5) is 27.1. The van der Waals surface area contributed by atoms with Crippen LogP contribution >= 0.6 is 0 Å². The van der Waals surface area contributed by atoms with Crippen LogP contribution in [0.4, 0.5) is 16.2 Å². The zero-order valence-electron chi connectivity index (χ0n) is 12.0. The number of aromatic nitrogens is 1. The van der Waals surface area contributed by atoms with Crippen molar-refractivity contribution in [2.24, 2.45) is 0 Å². The van der Waals surface area contributed by atoms with E-state index in [1.54, 1.807) is 30.5 Å². The van der Waals surface area contributed by atoms with Crippen LogP contribution in [0.15, 0.2) is 60.9 Å². The number of nitrogens with zero attached hydrogens (tertiary/aromatic N) is 1. The fourth-order valence-corrected chi connectivity index (χ4v) is 2.26. The minimum Gasteiger partial charge on any atom is -0.465 e. The van der Waals surface area contributed by atoms with Crippen molar-refractivity contribution in [3.05, 3.63) is 66.5 Å². The first-order valence-electron chi connectivity index (χ1n) is 6.87. The van der Waals surface area contributed by atoms with E-state index in [0.717, 1.165) is 10.8 Å². The Hall–Kier alpha value is -3.41. The van der Waals surface area contributed by atoms with Gasteiger partial charge in [0, 0.05) is 29.2 Å². The molecule has 0 aliphatic heterocycles. The quantitative estimate of drug-likeness (QED) is 0.689. The van der Waals surface area contributed by atoms with Crippen molar-refractivity contribution < 1.29 is 14.7 Å². The summed E-state index contributed by atoms with van der Waals surface area (Å²) >= 11 is 0. The van der Waals surface area contributed by atoms with Gasteiger partial charge in [0.25, 0.3) is 5.91 Å². The number of pyridine rings is 1. The van der Waals surface area contributed by atoms with E-state index in [1.165, 1.54) is 6.20 Å². The van der Waals surface area contributed by atoms with Gasteiger partial charge in [0.1, 0.15) is 0 Å². The smallest absolute Gasteiger partial charge is 0.409 e. The molecule has 0 saturated carbocycles.